The highest BCUT2D eigenvalue weighted by molar-refractivity contribution is 5.76. The summed E-state index contributed by atoms with van der Waals surface area (Å²) in [5, 5.41) is 0. The predicted molar refractivity (Wildman–Crippen MR) is 98.7 cm³/mol. The van der Waals surface area contributed by atoms with Crippen molar-refractivity contribution in [3.63, 3.8) is 0 Å². The van der Waals surface area contributed by atoms with Gasteiger partial charge in [0.1, 0.15) is 0 Å². The number of hydrogen-bond donors (Lipinski definition) is 0. The van der Waals surface area contributed by atoms with Gasteiger partial charge in [-0.05, 0) is 38.3 Å². The van der Waals surface area contributed by atoms with Crippen molar-refractivity contribution in [1.29, 1.82) is 0 Å². The van der Waals surface area contributed by atoms with E-state index < -0.39 is 5.97 Å². The lowest BCUT2D eigenvalue weighted by molar-refractivity contribution is -0.148. The first-order valence-corrected chi connectivity index (χ1v) is 9.12. The number of hydrogen-bond acceptors (Lipinski definition) is 6. The second-order valence-electron chi connectivity index (χ2n) is 6.12. The average molecular weight is 366 g/mol. The van der Waals surface area contributed by atoms with Crippen LogP contribution < -0.4 is 14.2 Å². The number of benzene rings is 1. The Kier molecular flexibility index (Phi) is 10.2. The summed E-state index contributed by atoms with van der Waals surface area (Å²) < 4.78 is 21.1. The van der Waals surface area contributed by atoms with Crippen molar-refractivity contribution in [3.8, 4) is 17.2 Å². The van der Waals surface area contributed by atoms with Crippen LogP contribution in [0.3, 0.4) is 0 Å². The maximum absolute atomic E-state index is 12.0. The normalized spacial score (nSPS) is 11.5. The van der Waals surface area contributed by atoms with Crippen LogP contribution in [0, 0.1) is 0 Å². The number of carbonyl (C=O) groups is 2. The van der Waals surface area contributed by atoms with Crippen LogP contribution in [-0.2, 0) is 14.3 Å². The summed E-state index contributed by atoms with van der Waals surface area (Å²) in [7, 11) is 2.98. The fraction of sp³-hybridized carbons (Fsp3) is 0.600. The standard InChI is InChI=1S/C20H30O6/c1-5-6-7-10-15(2)25-18(21)13-9-14-19(22)26-20-16(23-3)11-8-12-17(20)24-4/h8,11-12,15H,5-7,9-10,13-14H2,1-4H3. The topological polar surface area (TPSA) is 71.1 Å². The van der Waals surface area contributed by atoms with Gasteiger partial charge >= 0.3 is 11.9 Å². The Morgan fingerprint density at radius 1 is 0.962 bits per heavy atom. The van der Waals surface area contributed by atoms with Crippen LogP contribution in [-0.4, -0.2) is 32.3 Å². The van der Waals surface area contributed by atoms with Crippen LogP contribution in [0.25, 0.3) is 0 Å². The first kappa shape index (κ1) is 21.8. The number of para-hydroxylation sites is 1. The van der Waals surface area contributed by atoms with Crippen LogP contribution >= 0.6 is 0 Å². The van der Waals surface area contributed by atoms with Crippen molar-refractivity contribution in [3.05, 3.63) is 18.2 Å². The molecule has 26 heavy (non-hydrogen) atoms. The summed E-state index contributed by atoms with van der Waals surface area (Å²) in [5.41, 5.74) is 0. The second kappa shape index (κ2) is 12.2. The molecule has 0 heterocycles. The maximum atomic E-state index is 12.0. The molecule has 1 aromatic rings. The molecule has 146 valence electrons. The molecule has 1 atom stereocenters. The molecule has 0 amide bonds. The Labute approximate surface area is 155 Å². The third kappa shape index (κ3) is 7.76. The van der Waals surface area contributed by atoms with Crippen molar-refractivity contribution in [1.82, 2.24) is 0 Å². The average Bonchev–Trinajstić information content (AvgIpc) is 2.62. The zero-order chi connectivity index (χ0) is 19.4. The van der Waals surface area contributed by atoms with E-state index in [0.29, 0.717) is 17.9 Å². The number of esters is 2. The van der Waals surface area contributed by atoms with Gasteiger partial charge in [0.25, 0.3) is 0 Å². The van der Waals surface area contributed by atoms with Crippen molar-refractivity contribution in [2.45, 2.75) is 64.9 Å². The summed E-state index contributed by atoms with van der Waals surface area (Å²) in [6, 6.07) is 5.11. The van der Waals surface area contributed by atoms with E-state index in [0.717, 1.165) is 25.7 Å². The van der Waals surface area contributed by atoms with Gasteiger partial charge in [0.2, 0.25) is 5.75 Å². The van der Waals surface area contributed by atoms with Gasteiger partial charge in [-0.3, -0.25) is 9.59 Å². The Hall–Kier alpha value is -2.24. The van der Waals surface area contributed by atoms with Gasteiger partial charge in [-0.25, -0.2) is 0 Å². The van der Waals surface area contributed by atoms with E-state index in [1.807, 2.05) is 6.92 Å². The molecule has 0 saturated carbocycles. The molecular weight excluding hydrogens is 336 g/mol. The molecule has 0 N–H and O–H groups in total. The number of rotatable bonds is 12. The molecular formula is C20H30O6. The first-order chi connectivity index (χ1) is 12.5. The van der Waals surface area contributed by atoms with E-state index in [-0.39, 0.29) is 30.7 Å². The predicted octanol–water partition coefficient (Wildman–Crippen LogP) is 4.29. The second-order valence-corrected chi connectivity index (χ2v) is 6.12. The Bertz CT molecular complexity index is 547. The summed E-state index contributed by atoms with van der Waals surface area (Å²) in [6.07, 6.45) is 4.79. The molecule has 1 aromatic carbocycles. The monoisotopic (exact) mass is 366 g/mol. The van der Waals surface area contributed by atoms with Gasteiger partial charge in [-0.1, -0.05) is 25.8 Å². The minimum absolute atomic E-state index is 0.0844. The van der Waals surface area contributed by atoms with E-state index in [9.17, 15) is 9.59 Å². The Balaban J connectivity index is 2.38. The molecule has 1 rings (SSSR count). The molecule has 0 aliphatic carbocycles. The quantitative estimate of drug-likeness (QED) is 0.312. The van der Waals surface area contributed by atoms with Crippen molar-refractivity contribution in [2.24, 2.45) is 0 Å². The van der Waals surface area contributed by atoms with Gasteiger partial charge in [-0.15, -0.1) is 0 Å². The molecule has 0 bridgehead atoms. The van der Waals surface area contributed by atoms with E-state index in [4.69, 9.17) is 18.9 Å². The van der Waals surface area contributed by atoms with Crippen LogP contribution in [0.2, 0.25) is 0 Å². The number of methoxy groups -OCH3 is 2. The van der Waals surface area contributed by atoms with Crippen molar-refractivity contribution >= 4 is 11.9 Å². The SMILES string of the molecule is CCCCCC(C)OC(=O)CCCC(=O)Oc1c(OC)cccc1OC. The highest BCUT2D eigenvalue weighted by Crippen LogP contribution is 2.37. The molecule has 0 saturated heterocycles. The van der Waals surface area contributed by atoms with E-state index in [1.165, 1.54) is 14.2 Å². The number of unbranched alkanes of at least 4 members (excludes halogenated alkanes) is 2. The summed E-state index contributed by atoms with van der Waals surface area (Å²) in [5.74, 6) is 0.346. The smallest absolute Gasteiger partial charge is 0.311 e. The van der Waals surface area contributed by atoms with Gasteiger partial charge in [0.05, 0.1) is 20.3 Å². The largest absolute Gasteiger partial charge is 0.493 e. The van der Waals surface area contributed by atoms with Gasteiger partial charge in [0, 0.05) is 12.8 Å². The maximum Gasteiger partial charge on any atom is 0.311 e. The minimum atomic E-state index is -0.448. The van der Waals surface area contributed by atoms with Crippen LogP contribution in [0.1, 0.15) is 58.8 Å². The third-order valence-electron chi connectivity index (χ3n) is 3.91. The molecule has 6 heteroatoms. The molecule has 0 fully saturated rings. The molecule has 0 aromatic heterocycles. The van der Waals surface area contributed by atoms with Crippen LogP contribution in [0.5, 0.6) is 17.2 Å². The molecule has 0 spiro atoms. The van der Waals surface area contributed by atoms with E-state index >= 15 is 0 Å². The van der Waals surface area contributed by atoms with Crippen LogP contribution in [0.15, 0.2) is 18.2 Å². The summed E-state index contributed by atoms with van der Waals surface area (Å²) >= 11 is 0. The van der Waals surface area contributed by atoms with Crippen molar-refractivity contribution < 1.29 is 28.5 Å². The lowest BCUT2D eigenvalue weighted by Gasteiger charge is -2.13. The van der Waals surface area contributed by atoms with Gasteiger partial charge in [-0.2, -0.15) is 0 Å². The highest BCUT2D eigenvalue weighted by Gasteiger charge is 2.16. The van der Waals surface area contributed by atoms with Gasteiger partial charge in [0.15, 0.2) is 11.5 Å². The molecule has 0 aliphatic rings. The Morgan fingerprint density at radius 2 is 1.58 bits per heavy atom. The molecule has 6 nitrogen and oxygen atoms in total. The molecule has 0 aliphatic heterocycles. The Morgan fingerprint density at radius 3 is 2.15 bits per heavy atom. The molecule has 1 unspecified atom stereocenters. The summed E-state index contributed by atoms with van der Waals surface area (Å²) in [4.78, 5) is 23.9. The van der Waals surface area contributed by atoms with Gasteiger partial charge < -0.3 is 18.9 Å². The highest BCUT2D eigenvalue weighted by atomic mass is 16.6. The van der Waals surface area contributed by atoms with E-state index in [1.54, 1.807) is 18.2 Å². The summed E-state index contributed by atoms with van der Waals surface area (Å²) in [6.45, 7) is 4.03. The number of carbonyl (C=O) groups excluding carboxylic acids is 2. The first-order valence-electron chi connectivity index (χ1n) is 9.12. The van der Waals surface area contributed by atoms with E-state index in [2.05, 4.69) is 6.92 Å². The zero-order valence-electron chi connectivity index (χ0n) is 16.2. The third-order valence-corrected chi connectivity index (χ3v) is 3.91. The zero-order valence-corrected chi connectivity index (χ0v) is 16.2. The fourth-order valence-corrected chi connectivity index (χ4v) is 2.48. The fourth-order valence-electron chi connectivity index (χ4n) is 2.48. The molecule has 0 radical (unpaired) electrons. The minimum Gasteiger partial charge on any atom is -0.493 e. The van der Waals surface area contributed by atoms with Crippen molar-refractivity contribution in [2.75, 3.05) is 14.2 Å². The number of ether oxygens (including phenoxy) is 4. The lowest BCUT2D eigenvalue weighted by Crippen LogP contribution is -2.15. The van der Waals surface area contributed by atoms with Crippen LogP contribution in [0.4, 0.5) is 0 Å². The lowest BCUT2D eigenvalue weighted by atomic mass is 10.1.